The van der Waals surface area contributed by atoms with E-state index in [0.717, 1.165) is 5.56 Å². The second-order valence-electron chi connectivity index (χ2n) is 5.23. The Morgan fingerprint density at radius 1 is 1.29 bits per heavy atom. The van der Waals surface area contributed by atoms with Gasteiger partial charge in [-0.1, -0.05) is 32.9 Å². The molecule has 0 saturated heterocycles. The Balaban J connectivity index is 2.31. The molecule has 94 valence electrons. The first-order valence-electron chi connectivity index (χ1n) is 5.62. The zero-order valence-electron chi connectivity index (χ0n) is 10.6. The molecule has 3 N–H and O–H groups in total. The van der Waals surface area contributed by atoms with Crippen LogP contribution < -0.4 is 11.1 Å². The topological polar surface area (TPSA) is 64.3 Å². The monoisotopic (exact) mass is 236 g/mol. The Morgan fingerprint density at radius 2 is 1.88 bits per heavy atom. The Morgan fingerprint density at radius 3 is 2.41 bits per heavy atom. The first-order valence-corrected chi connectivity index (χ1v) is 5.62. The molecule has 0 heterocycles. The van der Waals surface area contributed by atoms with Gasteiger partial charge in [0, 0.05) is 12.2 Å². The van der Waals surface area contributed by atoms with Crippen molar-refractivity contribution in [3.8, 4) is 0 Å². The molecule has 0 aliphatic heterocycles. The fraction of sp³-hybridized carbons (Fsp3) is 0.462. The van der Waals surface area contributed by atoms with Crippen LogP contribution in [0.3, 0.4) is 0 Å². The molecule has 1 amide bonds. The van der Waals surface area contributed by atoms with E-state index >= 15 is 0 Å². The summed E-state index contributed by atoms with van der Waals surface area (Å²) in [6.07, 6.45) is -0.392. The Kier molecular flexibility index (Phi) is 4.37. The van der Waals surface area contributed by atoms with Gasteiger partial charge in [0.1, 0.15) is 6.61 Å². The third-order valence-corrected chi connectivity index (χ3v) is 2.11. The van der Waals surface area contributed by atoms with E-state index in [9.17, 15) is 4.79 Å². The maximum Gasteiger partial charge on any atom is 0.407 e. The maximum absolute atomic E-state index is 11.4. The van der Waals surface area contributed by atoms with Crippen molar-refractivity contribution in [2.75, 3.05) is 12.3 Å². The molecule has 1 rings (SSSR count). The lowest BCUT2D eigenvalue weighted by molar-refractivity contribution is 0.136. The number of nitrogen functional groups attached to an aromatic ring is 1. The van der Waals surface area contributed by atoms with Crippen molar-refractivity contribution < 1.29 is 9.53 Å². The second-order valence-corrected chi connectivity index (χ2v) is 5.23. The smallest absolute Gasteiger partial charge is 0.407 e. The first kappa shape index (κ1) is 13.4. The maximum atomic E-state index is 11.4. The minimum Gasteiger partial charge on any atom is -0.445 e. The molecule has 1 aromatic rings. The van der Waals surface area contributed by atoms with E-state index in [0.29, 0.717) is 12.2 Å². The average molecular weight is 236 g/mol. The Bertz CT molecular complexity index is 366. The average Bonchev–Trinajstić information content (AvgIpc) is 2.25. The molecule has 17 heavy (non-hydrogen) atoms. The van der Waals surface area contributed by atoms with Gasteiger partial charge in [0.05, 0.1) is 0 Å². The van der Waals surface area contributed by atoms with E-state index in [1.165, 1.54) is 0 Å². The van der Waals surface area contributed by atoms with E-state index in [1.807, 2.05) is 32.9 Å². The van der Waals surface area contributed by atoms with Gasteiger partial charge in [-0.15, -0.1) is 0 Å². The third kappa shape index (κ3) is 5.80. The van der Waals surface area contributed by atoms with Gasteiger partial charge in [-0.3, -0.25) is 0 Å². The lowest BCUT2D eigenvalue weighted by Crippen LogP contribution is -2.32. The summed E-state index contributed by atoms with van der Waals surface area (Å²) in [7, 11) is 0. The number of nitrogens with one attached hydrogen (secondary N) is 1. The predicted molar refractivity (Wildman–Crippen MR) is 68.5 cm³/mol. The number of nitrogens with two attached hydrogens (primary N) is 1. The van der Waals surface area contributed by atoms with Crippen molar-refractivity contribution in [2.45, 2.75) is 27.4 Å². The Hall–Kier alpha value is -1.71. The van der Waals surface area contributed by atoms with Crippen molar-refractivity contribution in [3.63, 3.8) is 0 Å². The number of hydrogen-bond acceptors (Lipinski definition) is 3. The fourth-order valence-electron chi connectivity index (χ4n) is 1.15. The first-order chi connectivity index (χ1) is 7.87. The van der Waals surface area contributed by atoms with Gasteiger partial charge in [0.25, 0.3) is 0 Å². The summed E-state index contributed by atoms with van der Waals surface area (Å²) >= 11 is 0. The highest BCUT2D eigenvalue weighted by molar-refractivity contribution is 5.67. The van der Waals surface area contributed by atoms with Gasteiger partial charge < -0.3 is 15.8 Å². The summed E-state index contributed by atoms with van der Waals surface area (Å²) in [6.45, 7) is 7.00. The molecule has 0 bridgehead atoms. The number of carbonyl (C=O) groups is 1. The predicted octanol–water partition coefficient (Wildman–Crippen LogP) is 2.54. The molecular formula is C13H20N2O2. The molecule has 0 radical (unpaired) electrons. The molecule has 4 nitrogen and oxygen atoms in total. The minimum absolute atomic E-state index is 0.0558. The zero-order chi connectivity index (χ0) is 12.9. The van der Waals surface area contributed by atoms with Crippen molar-refractivity contribution in [2.24, 2.45) is 5.41 Å². The molecular weight excluding hydrogens is 216 g/mol. The quantitative estimate of drug-likeness (QED) is 0.793. The zero-order valence-corrected chi connectivity index (χ0v) is 10.6. The van der Waals surface area contributed by atoms with Crippen LogP contribution in [0.15, 0.2) is 24.3 Å². The molecule has 0 spiro atoms. The number of anilines is 1. The molecule has 0 fully saturated rings. The van der Waals surface area contributed by atoms with Crippen LogP contribution in [-0.4, -0.2) is 12.6 Å². The van der Waals surface area contributed by atoms with E-state index in [4.69, 9.17) is 10.5 Å². The van der Waals surface area contributed by atoms with E-state index < -0.39 is 6.09 Å². The van der Waals surface area contributed by atoms with Gasteiger partial charge in [0.2, 0.25) is 0 Å². The van der Waals surface area contributed by atoms with Crippen LogP contribution in [0.1, 0.15) is 26.3 Å². The SMILES string of the molecule is CC(C)(C)CNC(=O)OCc1ccc(N)cc1. The summed E-state index contributed by atoms with van der Waals surface area (Å²) in [6, 6.07) is 7.25. The highest BCUT2D eigenvalue weighted by Gasteiger charge is 2.12. The van der Waals surface area contributed by atoms with Gasteiger partial charge in [0.15, 0.2) is 0 Å². The largest absolute Gasteiger partial charge is 0.445 e. The van der Waals surface area contributed by atoms with Gasteiger partial charge in [-0.2, -0.15) is 0 Å². The number of rotatable bonds is 3. The minimum atomic E-state index is -0.392. The van der Waals surface area contributed by atoms with Gasteiger partial charge in [-0.25, -0.2) is 4.79 Å². The van der Waals surface area contributed by atoms with Crippen LogP contribution in [0, 0.1) is 5.41 Å². The summed E-state index contributed by atoms with van der Waals surface area (Å²) < 4.78 is 5.07. The number of carbonyl (C=O) groups excluding carboxylic acids is 1. The van der Waals surface area contributed by atoms with E-state index in [-0.39, 0.29) is 12.0 Å². The van der Waals surface area contributed by atoms with E-state index in [2.05, 4.69) is 5.32 Å². The standard InChI is InChI=1S/C13H20N2O2/c1-13(2,3)9-15-12(16)17-8-10-4-6-11(14)7-5-10/h4-7H,8-9,14H2,1-3H3,(H,15,16). The van der Waals surface area contributed by atoms with Crippen LogP contribution in [-0.2, 0) is 11.3 Å². The van der Waals surface area contributed by atoms with Gasteiger partial charge >= 0.3 is 6.09 Å². The number of ether oxygens (including phenoxy) is 1. The second kappa shape index (κ2) is 5.57. The lowest BCUT2D eigenvalue weighted by Gasteiger charge is -2.18. The molecule has 4 heteroatoms. The lowest BCUT2D eigenvalue weighted by atomic mass is 9.97. The molecule has 0 unspecified atom stereocenters. The molecule has 0 saturated carbocycles. The highest BCUT2D eigenvalue weighted by Crippen LogP contribution is 2.10. The number of benzene rings is 1. The molecule has 0 aromatic heterocycles. The molecule has 0 aliphatic carbocycles. The van der Waals surface area contributed by atoms with E-state index in [1.54, 1.807) is 12.1 Å². The number of alkyl carbamates (subject to hydrolysis) is 1. The summed E-state index contributed by atoms with van der Waals surface area (Å²) in [5, 5.41) is 2.72. The van der Waals surface area contributed by atoms with Crippen molar-refractivity contribution in [1.29, 1.82) is 0 Å². The van der Waals surface area contributed by atoms with Gasteiger partial charge in [-0.05, 0) is 23.1 Å². The molecule has 0 aliphatic rings. The van der Waals surface area contributed by atoms with Crippen LogP contribution in [0.25, 0.3) is 0 Å². The van der Waals surface area contributed by atoms with Crippen LogP contribution in [0.2, 0.25) is 0 Å². The van der Waals surface area contributed by atoms with Crippen molar-refractivity contribution in [3.05, 3.63) is 29.8 Å². The summed E-state index contributed by atoms with van der Waals surface area (Å²) in [5.41, 5.74) is 7.24. The normalized spacial score (nSPS) is 11.0. The number of hydrogen-bond donors (Lipinski definition) is 2. The van der Waals surface area contributed by atoms with Crippen molar-refractivity contribution in [1.82, 2.24) is 5.32 Å². The van der Waals surface area contributed by atoms with Crippen LogP contribution >= 0.6 is 0 Å². The van der Waals surface area contributed by atoms with Crippen LogP contribution in [0.5, 0.6) is 0 Å². The Labute approximate surface area is 102 Å². The summed E-state index contributed by atoms with van der Waals surface area (Å²) in [4.78, 5) is 11.4. The fourth-order valence-corrected chi connectivity index (χ4v) is 1.15. The molecule has 1 aromatic carbocycles. The number of amides is 1. The summed E-state index contributed by atoms with van der Waals surface area (Å²) in [5.74, 6) is 0. The third-order valence-electron chi connectivity index (χ3n) is 2.11. The highest BCUT2D eigenvalue weighted by atomic mass is 16.5. The molecule has 0 atom stereocenters. The van der Waals surface area contributed by atoms with Crippen LogP contribution in [0.4, 0.5) is 10.5 Å². The van der Waals surface area contributed by atoms with Crippen molar-refractivity contribution >= 4 is 11.8 Å².